The molecule has 3 aromatic heterocycles. The zero-order chi connectivity index (χ0) is 27.6. The van der Waals surface area contributed by atoms with Crippen LogP contribution in [0.3, 0.4) is 0 Å². The van der Waals surface area contributed by atoms with E-state index in [0.717, 1.165) is 10.6 Å². The van der Waals surface area contributed by atoms with Gasteiger partial charge in [0.15, 0.2) is 5.65 Å². The van der Waals surface area contributed by atoms with E-state index in [1.165, 1.54) is 12.4 Å². The van der Waals surface area contributed by atoms with Gasteiger partial charge in [0.1, 0.15) is 5.69 Å². The van der Waals surface area contributed by atoms with Gasteiger partial charge in [-0.3, -0.25) is 4.98 Å². The molecule has 39 heavy (non-hydrogen) atoms. The van der Waals surface area contributed by atoms with Crippen LogP contribution in [0.2, 0.25) is 0 Å². The summed E-state index contributed by atoms with van der Waals surface area (Å²) in [7, 11) is 0. The molecule has 0 bridgehead atoms. The monoisotopic (exact) mass is 533 g/mol. The molecule has 0 saturated heterocycles. The molecule has 196 valence electrons. The summed E-state index contributed by atoms with van der Waals surface area (Å²) in [5.41, 5.74) is 3.54. The average Bonchev–Trinajstić information content (AvgIpc) is 3.53. The second-order valence-corrected chi connectivity index (χ2v) is 8.38. The molecular formula is C26H18F3N7O3. The first-order valence-electron chi connectivity index (χ1n) is 11.5. The van der Waals surface area contributed by atoms with Crippen molar-refractivity contribution in [1.82, 2.24) is 24.6 Å². The lowest BCUT2D eigenvalue weighted by Gasteiger charge is -2.21. The largest absolute Gasteiger partial charge is 0.491 e. The van der Waals surface area contributed by atoms with Gasteiger partial charge in [0, 0.05) is 29.8 Å². The van der Waals surface area contributed by atoms with E-state index in [1.54, 1.807) is 59.4 Å². The Morgan fingerprint density at radius 3 is 2.69 bits per heavy atom. The Bertz CT molecular complexity index is 1660. The van der Waals surface area contributed by atoms with Crippen LogP contribution in [0.15, 0.2) is 72.4 Å². The van der Waals surface area contributed by atoms with Gasteiger partial charge in [-0.15, -0.1) is 5.10 Å². The molecule has 13 heteroatoms. The van der Waals surface area contributed by atoms with Gasteiger partial charge in [0.05, 0.1) is 18.7 Å². The van der Waals surface area contributed by atoms with Gasteiger partial charge in [-0.05, 0) is 54.3 Å². The van der Waals surface area contributed by atoms with Gasteiger partial charge in [-0.1, -0.05) is 18.1 Å². The molecule has 2 amide bonds. The third-order valence-electron chi connectivity index (χ3n) is 5.69. The number of aryl methyl sites for hydroxylation is 1. The predicted molar refractivity (Wildman–Crippen MR) is 132 cm³/mol. The maximum Gasteiger partial charge on any atom is 0.491 e. The lowest BCUT2D eigenvalue weighted by Crippen LogP contribution is -2.31. The summed E-state index contributed by atoms with van der Waals surface area (Å²) in [4.78, 5) is 32.8. The van der Waals surface area contributed by atoms with Crippen LogP contribution in [0.4, 0.5) is 23.7 Å². The molecule has 0 radical (unpaired) electrons. The Balaban J connectivity index is 1.39. The van der Waals surface area contributed by atoms with Crippen LogP contribution in [0.5, 0.6) is 0 Å². The number of hydrogen-bond acceptors (Lipinski definition) is 7. The topological polar surface area (TPSA) is 114 Å². The van der Waals surface area contributed by atoms with Crippen molar-refractivity contribution >= 4 is 29.2 Å². The first kappa shape index (κ1) is 25.4. The van der Waals surface area contributed by atoms with Crippen molar-refractivity contribution in [2.24, 2.45) is 5.10 Å². The Kier molecular flexibility index (Phi) is 6.68. The maximum atomic E-state index is 13.2. The molecule has 1 aromatic carbocycles. The van der Waals surface area contributed by atoms with Crippen molar-refractivity contribution in [3.8, 4) is 11.8 Å². The smallest absolute Gasteiger partial charge is 0.403 e. The number of imidazole rings is 1. The number of urea groups is 1. The van der Waals surface area contributed by atoms with E-state index in [1.807, 2.05) is 6.92 Å². The first-order chi connectivity index (χ1) is 18.7. The average molecular weight is 533 g/mol. The van der Waals surface area contributed by atoms with Crippen LogP contribution in [0.1, 0.15) is 34.8 Å². The molecule has 4 heterocycles. The first-order valence-corrected chi connectivity index (χ1v) is 11.5. The normalized spacial score (nSPS) is 14.9. The van der Waals surface area contributed by atoms with Crippen molar-refractivity contribution in [3.05, 3.63) is 89.6 Å². The second kappa shape index (κ2) is 10.3. The van der Waals surface area contributed by atoms with Crippen molar-refractivity contribution in [2.45, 2.75) is 25.6 Å². The number of halogens is 3. The molecule has 1 aliphatic rings. The number of nitrogens with one attached hydrogen (secondary N) is 1. The highest BCUT2D eigenvalue weighted by atomic mass is 19.4. The Labute approximate surface area is 219 Å². The van der Waals surface area contributed by atoms with Gasteiger partial charge in [0.2, 0.25) is 5.90 Å². The quantitative estimate of drug-likeness (QED) is 0.305. The Morgan fingerprint density at radius 1 is 1.10 bits per heavy atom. The highest BCUT2D eigenvalue weighted by Gasteiger charge is 2.44. The second-order valence-electron chi connectivity index (χ2n) is 8.38. The highest BCUT2D eigenvalue weighted by molar-refractivity contribution is 5.96. The highest BCUT2D eigenvalue weighted by Crippen LogP contribution is 2.32. The molecular weight excluding hydrogens is 515 g/mol. The van der Waals surface area contributed by atoms with E-state index < -0.39 is 30.1 Å². The zero-order valence-corrected chi connectivity index (χ0v) is 20.2. The summed E-state index contributed by atoms with van der Waals surface area (Å²) in [6.45, 7) is 1.85. The van der Waals surface area contributed by atoms with Crippen LogP contribution in [0.25, 0.3) is 5.65 Å². The summed E-state index contributed by atoms with van der Waals surface area (Å²) in [6.07, 6.45) is 0.717. The van der Waals surface area contributed by atoms with Crippen molar-refractivity contribution in [2.75, 3.05) is 5.32 Å². The number of alkyl halides is 3. The number of carbonyl (C=O) groups excluding carboxylic acids is 2. The molecule has 1 unspecified atom stereocenters. The number of fused-ring (bicyclic) bond motifs is 1. The molecule has 1 aliphatic heterocycles. The Hall–Kier alpha value is -5.25. The minimum Gasteiger partial charge on any atom is -0.403 e. The van der Waals surface area contributed by atoms with Gasteiger partial charge in [-0.2, -0.15) is 18.3 Å². The fraction of sp³-hybridized carbons (Fsp3) is 0.154. The maximum absolute atomic E-state index is 13.2. The third kappa shape index (κ3) is 5.54. The van der Waals surface area contributed by atoms with Gasteiger partial charge < -0.3 is 10.1 Å². The molecule has 0 saturated carbocycles. The number of hydrazone groups is 1. The third-order valence-corrected chi connectivity index (χ3v) is 5.69. The van der Waals surface area contributed by atoms with E-state index in [-0.39, 0.29) is 6.42 Å². The summed E-state index contributed by atoms with van der Waals surface area (Å²) >= 11 is 0. The van der Waals surface area contributed by atoms with E-state index in [4.69, 9.17) is 0 Å². The van der Waals surface area contributed by atoms with Crippen LogP contribution in [-0.4, -0.2) is 48.7 Å². The molecule has 4 aromatic rings. The van der Waals surface area contributed by atoms with Crippen LogP contribution >= 0.6 is 0 Å². The zero-order valence-electron chi connectivity index (χ0n) is 20.2. The van der Waals surface area contributed by atoms with Crippen molar-refractivity contribution in [1.29, 1.82) is 0 Å². The summed E-state index contributed by atoms with van der Waals surface area (Å²) in [6, 6.07) is 10.3. The number of benzene rings is 1. The molecule has 0 aliphatic carbocycles. The minimum atomic E-state index is -5.21. The summed E-state index contributed by atoms with van der Waals surface area (Å²) in [5, 5.41) is 11.7. The molecule has 5 rings (SSSR count). The summed E-state index contributed by atoms with van der Waals surface area (Å²) in [5.74, 6) is 3.11. The molecule has 0 spiro atoms. The van der Waals surface area contributed by atoms with Crippen molar-refractivity contribution in [3.63, 3.8) is 0 Å². The minimum absolute atomic E-state index is 0.251. The van der Waals surface area contributed by atoms with Crippen LogP contribution in [-0.2, 0) is 9.53 Å². The van der Waals surface area contributed by atoms with E-state index in [0.29, 0.717) is 28.2 Å². The number of ether oxygens (including phenoxy) is 1. The number of esters is 1. The number of amides is 2. The number of rotatable bonds is 2. The fourth-order valence-electron chi connectivity index (χ4n) is 3.79. The molecule has 1 N–H and O–H groups in total. The van der Waals surface area contributed by atoms with Crippen LogP contribution < -0.4 is 5.32 Å². The van der Waals surface area contributed by atoms with Gasteiger partial charge >= 0.3 is 18.2 Å². The Morgan fingerprint density at radius 2 is 1.92 bits per heavy atom. The van der Waals surface area contributed by atoms with E-state index in [9.17, 15) is 22.8 Å². The van der Waals surface area contributed by atoms with Gasteiger partial charge in [0.25, 0.3) is 0 Å². The lowest BCUT2D eigenvalue weighted by molar-refractivity contribution is -0.191. The predicted octanol–water partition coefficient (Wildman–Crippen LogP) is 4.23. The standard InChI is InChI=1S/C26H18F3N7O3/c1-16-6-8-19(12-17(16)7-9-20-15-31-22-5-3-11-32-35(20)22)33-25(38)36-21(18-4-2-10-30-14-18)13-23(34-36)39-24(37)26(27,28)29/h2-6,8,10-12,14-15,21H,13H2,1H3,(H,33,38). The SMILES string of the molecule is Cc1ccc(NC(=O)N2N=C(OC(=O)C(F)(F)F)CC2c2cccnc2)cc1C#Cc1cnc2cccnn12. The number of hydrogen-bond donors (Lipinski definition) is 1. The number of nitrogens with zero attached hydrogens (tertiary/aromatic N) is 6. The van der Waals surface area contributed by atoms with E-state index in [2.05, 4.69) is 42.1 Å². The lowest BCUT2D eigenvalue weighted by atomic mass is 10.1. The fourth-order valence-corrected chi connectivity index (χ4v) is 3.79. The molecule has 0 fully saturated rings. The number of aromatic nitrogens is 4. The van der Waals surface area contributed by atoms with E-state index >= 15 is 0 Å². The molecule has 10 nitrogen and oxygen atoms in total. The number of pyridine rings is 1. The summed E-state index contributed by atoms with van der Waals surface area (Å²) < 4.78 is 44.1. The van der Waals surface area contributed by atoms with Crippen molar-refractivity contribution < 1.29 is 27.5 Å². The number of anilines is 1. The van der Waals surface area contributed by atoms with Gasteiger partial charge in [-0.25, -0.2) is 24.1 Å². The molecule has 1 atom stereocenters. The van der Waals surface area contributed by atoms with Crippen LogP contribution in [0, 0.1) is 18.8 Å². The number of carbonyl (C=O) groups is 2.